The average Bonchev–Trinajstić information content (AvgIpc) is 2.61. The quantitative estimate of drug-likeness (QED) is 0.816. The molecule has 0 aliphatic carbocycles. The molecule has 0 aliphatic rings. The van der Waals surface area contributed by atoms with Crippen LogP contribution in [0.15, 0.2) is 35.1 Å². The predicted molar refractivity (Wildman–Crippen MR) is 51.7 cm³/mol. The third kappa shape index (κ3) is 1.62. The Bertz CT molecular complexity index is 412. The number of halogens is 2. The average molecular weight is 241 g/mol. The summed E-state index contributed by atoms with van der Waals surface area (Å²) < 4.78 is 13.7. The zero-order valence-electron chi connectivity index (χ0n) is 6.59. The highest BCUT2D eigenvalue weighted by atomic mass is 79.9. The van der Waals surface area contributed by atoms with Crippen molar-refractivity contribution in [3.05, 3.63) is 40.9 Å². The summed E-state index contributed by atoms with van der Waals surface area (Å²) in [4.78, 5) is 0. The number of H-pyrrole nitrogens is 1. The Balaban J connectivity index is 2.57. The lowest BCUT2D eigenvalue weighted by Gasteiger charge is -2.00. The number of hydrogen-bond acceptors (Lipinski definition) is 1. The fraction of sp³-hybridized carbons (Fsp3) is 0. The van der Waals surface area contributed by atoms with Gasteiger partial charge < -0.3 is 0 Å². The van der Waals surface area contributed by atoms with Crippen LogP contribution >= 0.6 is 15.9 Å². The summed E-state index contributed by atoms with van der Waals surface area (Å²) in [5.41, 5.74) is 1.67. The number of aromatic amines is 1. The molecule has 66 valence electrons. The molecule has 4 heteroatoms. The second-order valence-corrected chi connectivity index (χ2v) is 3.47. The predicted octanol–water partition coefficient (Wildman–Crippen LogP) is 2.98. The van der Waals surface area contributed by atoms with Gasteiger partial charge in [0.05, 0.1) is 6.20 Å². The molecule has 1 aromatic heterocycles. The summed E-state index contributed by atoms with van der Waals surface area (Å²) in [5, 5.41) is 6.48. The van der Waals surface area contributed by atoms with Crippen molar-refractivity contribution in [2.45, 2.75) is 0 Å². The SMILES string of the molecule is Fc1ccc(Br)c(-c2cn[nH]c2)c1. The molecule has 0 radical (unpaired) electrons. The molecule has 0 aliphatic heterocycles. The van der Waals surface area contributed by atoms with E-state index in [2.05, 4.69) is 26.1 Å². The minimum absolute atomic E-state index is 0.251. The van der Waals surface area contributed by atoms with Gasteiger partial charge in [-0.3, -0.25) is 5.10 Å². The van der Waals surface area contributed by atoms with Crippen LogP contribution in [0, 0.1) is 5.82 Å². The van der Waals surface area contributed by atoms with Gasteiger partial charge in [0.15, 0.2) is 0 Å². The molecule has 13 heavy (non-hydrogen) atoms. The molecule has 0 saturated carbocycles. The van der Waals surface area contributed by atoms with Crippen LogP contribution in [0.4, 0.5) is 4.39 Å². The van der Waals surface area contributed by atoms with Gasteiger partial charge in [-0.15, -0.1) is 0 Å². The van der Waals surface area contributed by atoms with Gasteiger partial charge >= 0.3 is 0 Å². The van der Waals surface area contributed by atoms with E-state index in [0.29, 0.717) is 0 Å². The van der Waals surface area contributed by atoms with Crippen molar-refractivity contribution >= 4 is 15.9 Å². The first kappa shape index (κ1) is 8.44. The highest BCUT2D eigenvalue weighted by Crippen LogP contribution is 2.27. The molecule has 2 nitrogen and oxygen atoms in total. The van der Waals surface area contributed by atoms with Crippen molar-refractivity contribution in [3.8, 4) is 11.1 Å². The van der Waals surface area contributed by atoms with Crippen molar-refractivity contribution in [3.63, 3.8) is 0 Å². The van der Waals surface area contributed by atoms with Crippen LogP contribution in [0.1, 0.15) is 0 Å². The van der Waals surface area contributed by atoms with Crippen LogP contribution in [0.2, 0.25) is 0 Å². The van der Waals surface area contributed by atoms with Gasteiger partial charge in [-0.2, -0.15) is 5.10 Å². The number of hydrogen-bond donors (Lipinski definition) is 1. The maximum absolute atomic E-state index is 12.9. The summed E-state index contributed by atoms with van der Waals surface area (Å²) in [6.07, 6.45) is 3.37. The van der Waals surface area contributed by atoms with E-state index in [1.165, 1.54) is 12.1 Å². The molecular weight excluding hydrogens is 235 g/mol. The lowest BCUT2D eigenvalue weighted by molar-refractivity contribution is 0.628. The Labute approximate surface area is 82.9 Å². The fourth-order valence-electron chi connectivity index (χ4n) is 1.12. The summed E-state index contributed by atoms with van der Waals surface area (Å²) in [5.74, 6) is -0.251. The molecule has 0 fully saturated rings. The summed E-state index contributed by atoms with van der Waals surface area (Å²) >= 11 is 3.34. The lowest BCUT2D eigenvalue weighted by Crippen LogP contribution is -1.79. The zero-order chi connectivity index (χ0) is 9.26. The maximum Gasteiger partial charge on any atom is 0.123 e. The van der Waals surface area contributed by atoms with E-state index in [1.54, 1.807) is 18.5 Å². The van der Waals surface area contributed by atoms with E-state index in [4.69, 9.17) is 0 Å². The molecule has 1 aromatic carbocycles. The Morgan fingerprint density at radius 3 is 2.92 bits per heavy atom. The topological polar surface area (TPSA) is 28.7 Å². The Kier molecular flexibility index (Phi) is 2.14. The second kappa shape index (κ2) is 3.30. The van der Waals surface area contributed by atoms with E-state index in [9.17, 15) is 4.39 Å². The number of aromatic nitrogens is 2. The fourth-order valence-corrected chi connectivity index (χ4v) is 1.59. The van der Waals surface area contributed by atoms with Crippen LogP contribution in [0.5, 0.6) is 0 Å². The minimum atomic E-state index is -0.251. The van der Waals surface area contributed by atoms with Crippen molar-refractivity contribution in [2.24, 2.45) is 0 Å². The van der Waals surface area contributed by atoms with Gasteiger partial charge in [0, 0.05) is 21.8 Å². The molecule has 2 aromatic rings. The lowest BCUT2D eigenvalue weighted by atomic mass is 10.1. The third-order valence-electron chi connectivity index (χ3n) is 1.74. The molecule has 0 atom stereocenters. The summed E-state index contributed by atoms with van der Waals surface area (Å²) in [6.45, 7) is 0. The monoisotopic (exact) mass is 240 g/mol. The molecule has 1 heterocycles. The van der Waals surface area contributed by atoms with Crippen molar-refractivity contribution in [1.29, 1.82) is 0 Å². The highest BCUT2D eigenvalue weighted by Gasteiger charge is 2.04. The number of rotatable bonds is 1. The van der Waals surface area contributed by atoms with E-state index in [-0.39, 0.29) is 5.82 Å². The van der Waals surface area contributed by atoms with Gasteiger partial charge in [0.1, 0.15) is 5.82 Å². The summed E-state index contributed by atoms with van der Waals surface area (Å²) in [7, 11) is 0. The van der Waals surface area contributed by atoms with Gasteiger partial charge in [-0.05, 0) is 18.2 Å². The second-order valence-electron chi connectivity index (χ2n) is 2.61. The minimum Gasteiger partial charge on any atom is -0.285 e. The smallest absolute Gasteiger partial charge is 0.123 e. The molecular formula is C9H6BrFN2. The number of nitrogens with one attached hydrogen (secondary N) is 1. The molecule has 0 spiro atoms. The van der Waals surface area contributed by atoms with Crippen LogP contribution in [0.3, 0.4) is 0 Å². The molecule has 0 unspecified atom stereocenters. The summed E-state index contributed by atoms with van der Waals surface area (Å²) in [6, 6.07) is 4.56. The van der Waals surface area contributed by atoms with Crippen LogP contribution in [-0.4, -0.2) is 10.2 Å². The van der Waals surface area contributed by atoms with E-state index in [0.717, 1.165) is 15.6 Å². The van der Waals surface area contributed by atoms with Crippen LogP contribution in [-0.2, 0) is 0 Å². The number of nitrogens with zero attached hydrogens (tertiary/aromatic N) is 1. The first-order chi connectivity index (χ1) is 6.27. The first-order valence-electron chi connectivity index (χ1n) is 3.71. The molecule has 0 amide bonds. The van der Waals surface area contributed by atoms with E-state index in [1.807, 2.05) is 0 Å². The first-order valence-corrected chi connectivity index (χ1v) is 4.51. The Morgan fingerprint density at radius 1 is 1.38 bits per heavy atom. The van der Waals surface area contributed by atoms with E-state index >= 15 is 0 Å². The molecule has 0 bridgehead atoms. The molecule has 0 saturated heterocycles. The number of benzene rings is 1. The van der Waals surface area contributed by atoms with Gasteiger partial charge in [0.2, 0.25) is 0 Å². The standard InChI is InChI=1S/C9H6BrFN2/c10-9-2-1-7(11)3-8(9)6-4-12-13-5-6/h1-5H,(H,12,13). The third-order valence-corrected chi connectivity index (χ3v) is 2.43. The van der Waals surface area contributed by atoms with Gasteiger partial charge in [0.25, 0.3) is 0 Å². The van der Waals surface area contributed by atoms with Crippen molar-refractivity contribution in [1.82, 2.24) is 10.2 Å². The normalized spacial score (nSPS) is 10.3. The molecule has 1 N–H and O–H groups in total. The zero-order valence-corrected chi connectivity index (χ0v) is 8.18. The van der Waals surface area contributed by atoms with E-state index < -0.39 is 0 Å². The largest absolute Gasteiger partial charge is 0.285 e. The Hall–Kier alpha value is -1.16. The molecule has 2 rings (SSSR count). The van der Waals surface area contributed by atoms with Crippen molar-refractivity contribution < 1.29 is 4.39 Å². The maximum atomic E-state index is 12.9. The van der Waals surface area contributed by atoms with Gasteiger partial charge in [-0.1, -0.05) is 15.9 Å². The highest BCUT2D eigenvalue weighted by molar-refractivity contribution is 9.10. The Morgan fingerprint density at radius 2 is 2.23 bits per heavy atom. The van der Waals surface area contributed by atoms with Gasteiger partial charge in [-0.25, -0.2) is 4.39 Å². The van der Waals surface area contributed by atoms with Crippen LogP contribution in [0.25, 0.3) is 11.1 Å². The van der Waals surface area contributed by atoms with Crippen LogP contribution < -0.4 is 0 Å². The van der Waals surface area contributed by atoms with Crippen molar-refractivity contribution in [2.75, 3.05) is 0 Å².